The zero-order valence-corrected chi connectivity index (χ0v) is 77.7. The molecule has 0 radical (unpaired) electrons. The highest BCUT2D eigenvalue weighted by atomic mass is 31.2. The first-order valence-electron chi connectivity index (χ1n) is 47.3. The molecule has 29 nitrogen and oxygen atoms in total. The van der Waals surface area contributed by atoms with Crippen molar-refractivity contribution in [1.82, 2.24) is 34.8 Å². The molecule has 1 aromatic heterocycles. The number of aromatic amines is 1. The smallest absolute Gasteiger partial charge is 0.434 e. The van der Waals surface area contributed by atoms with Gasteiger partial charge in [-0.15, -0.1) is 0 Å². The van der Waals surface area contributed by atoms with Gasteiger partial charge in [-0.25, -0.2) is 30.3 Å². The van der Waals surface area contributed by atoms with E-state index in [1.54, 1.807) is 0 Å². The first kappa shape index (κ1) is 100. The van der Waals surface area contributed by atoms with E-state index in [4.69, 9.17) is 68.7 Å². The fourth-order valence-electron chi connectivity index (χ4n) is 15.6. The van der Waals surface area contributed by atoms with Gasteiger partial charge in [-0.2, -0.15) is 5.26 Å². The van der Waals surface area contributed by atoms with Crippen molar-refractivity contribution in [1.29, 1.82) is 8.12 Å². The van der Waals surface area contributed by atoms with E-state index in [1.807, 2.05) is 76.2 Å². The van der Waals surface area contributed by atoms with Crippen LogP contribution in [0.3, 0.4) is 0 Å². The minimum Gasteiger partial charge on any atom is -0.434 e. The van der Waals surface area contributed by atoms with Gasteiger partial charge in [-0.05, 0) is 171 Å². The Morgan fingerprint density at radius 3 is 1.40 bits per heavy atom. The van der Waals surface area contributed by atoms with Gasteiger partial charge in [0.25, 0.3) is 22.6 Å². The summed E-state index contributed by atoms with van der Waals surface area (Å²) in [6, 6.07) is 35.6. The Balaban J connectivity index is 0.000000378. The number of aliphatic hydroxyl groups is 2. The Morgan fingerprint density at radius 1 is 0.556 bits per heavy atom. The van der Waals surface area contributed by atoms with E-state index in [2.05, 4.69) is 128 Å². The van der Waals surface area contributed by atoms with Crippen LogP contribution in [0.2, 0.25) is 0 Å². The van der Waals surface area contributed by atoms with Gasteiger partial charge >= 0.3 is 18.0 Å². The van der Waals surface area contributed by atoms with Gasteiger partial charge < -0.3 is 82.3 Å². The molecular weight excluding hydrogens is 1650 g/mol. The number of aryl methyl sites for hydroxylation is 1. The van der Waals surface area contributed by atoms with Crippen LogP contribution in [-0.2, 0) is 72.1 Å². The zero-order valence-electron chi connectivity index (χ0n) is 79.9. The number of carbonyl (C=O) groups excluding carboxylic acids is 5. The van der Waals surface area contributed by atoms with Crippen molar-refractivity contribution in [2.45, 2.75) is 303 Å². The topological polar surface area (TPSA) is 353 Å². The Hall–Kier alpha value is -8.09. The van der Waals surface area contributed by atoms with E-state index >= 15 is 0 Å². The summed E-state index contributed by atoms with van der Waals surface area (Å²) in [7, 11) is -0.419. The third-order valence-corrected chi connectivity index (χ3v) is 26.0. The van der Waals surface area contributed by atoms with Crippen molar-refractivity contribution in [3.63, 3.8) is 0 Å². The minimum absolute atomic E-state index is 0.0167. The Labute approximate surface area is 755 Å². The molecule has 0 bridgehead atoms. The van der Waals surface area contributed by atoms with E-state index in [9.17, 15) is 33.6 Å². The fourth-order valence-corrected chi connectivity index (χ4v) is 19.2. The highest BCUT2D eigenvalue weighted by Gasteiger charge is 2.42. The van der Waals surface area contributed by atoms with Gasteiger partial charge in [-0.3, -0.25) is 28.7 Å². The quantitative estimate of drug-likeness (QED) is 0.00911. The summed E-state index contributed by atoms with van der Waals surface area (Å²) in [5.41, 5.74) is 8.58. The number of amides is 3. The van der Waals surface area contributed by atoms with E-state index in [1.165, 1.54) is 66.5 Å². The number of hydrogen-bond donors (Lipinski definition) is 6. The summed E-state index contributed by atoms with van der Waals surface area (Å²) in [4.78, 5) is 93.1. The average molecular weight is 1800 g/mol. The molecule has 0 saturated carbocycles. The molecule has 2 fully saturated rings. The molecule has 0 spiro atoms. The molecular formula is C95H143N9O20P2. The predicted octanol–water partition coefficient (Wildman–Crippen LogP) is 17.5. The largest absolute Gasteiger partial charge is 0.508 e. The molecule has 126 heavy (non-hydrogen) atoms. The highest BCUT2D eigenvalue weighted by Crippen LogP contribution is 2.52. The van der Waals surface area contributed by atoms with E-state index in [0.29, 0.717) is 70.6 Å². The summed E-state index contributed by atoms with van der Waals surface area (Å²) in [5, 5.41) is 24.7. The monoisotopic (exact) mass is 1800 g/mol. The number of hydrogen-bond acceptors (Lipinski definition) is 23. The number of H-pyrrole nitrogens is 1. The summed E-state index contributed by atoms with van der Waals surface area (Å²) >= 11 is 0. The number of aromatic nitrogens is 2. The third kappa shape index (κ3) is 36.5. The van der Waals surface area contributed by atoms with Gasteiger partial charge in [0.15, 0.2) is 6.29 Å². The number of aliphatic hydroxyl groups excluding tert-OH is 2. The van der Waals surface area contributed by atoms with Crippen LogP contribution in [0.1, 0.15) is 272 Å². The Kier molecular flexibility index (Phi) is 48.2. The molecule has 9 rings (SSSR count). The molecule has 5 aromatic rings. The number of nitrogens with zero attached hydrogens (tertiary/aromatic N) is 5. The number of unbranched alkanes of at least 4 members (excludes halogenated alkanes) is 14. The maximum atomic E-state index is 12.9. The number of benzene rings is 4. The van der Waals surface area contributed by atoms with Gasteiger partial charge in [0.05, 0.1) is 56.7 Å². The Morgan fingerprint density at radius 2 is 0.952 bits per heavy atom. The lowest BCUT2D eigenvalue weighted by Crippen LogP contribution is -2.35. The first-order chi connectivity index (χ1) is 63.0. The minimum atomic E-state index is -1.60. The van der Waals surface area contributed by atoms with Crippen LogP contribution in [-0.4, -0.2) is 204 Å². The average Bonchev–Trinajstić information content (AvgIpc) is 1.62. The zero-order chi connectivity index (χ0) is 94.4. The Bertz CT molecular complexity index is 4210. The van der Waals surface area contributed by atoms with Crippen molar-refractivity contribution < 1.29 is 88.2 Å². The number of nitriles is 1. The van der Waals surface area contributed by atoms with Crippen molar-refractivity contribution in [2.24, 2.45) is 0 Å². The van der Waals surface area contributed by atoms with Crippen molar-refractivity contribution >= 4 is 47.1 Å². The molecule has 4 aliphatic rings. The van der Waals surface area contributed by atoms with E-state index in [-0.39, 0.29) is 145 Å². The van der Waals surface area contributed by atoms with Gasteiger partial charge in [0.2, 0.25) is 27.1 Å². The van der Waals surface area contributed by atoms with Crippen LogP contribution in [0.25, 0.3) is 27.1 Å². The predicted molar refractivity (Wildman–Crippen MR) is 490 cm³/mol. The molecule has 31 heteroatoms. The maximum absolute atomic E-state index is 12.9. The molecule has 3 heterocycles. The lowest BCUT2D eigenvalue weighted by Gasteiger charge is -2.37. The molecule has 4 aromatic carbocycles. The normalized spacial score (nSPS) is 17.6. The van der Waals surface area contributed by atoms with Crippen LogP contribution in [0.15, 0.2) is 113 Å². The van der Waals surface area contributed by atoms with Crippen molar-refractivity contribution in [3.8, 4) is 28.3 Å². The van der Waals surface area contributed by atoms with Gasteiger partial charge in [0, 0.05) is 123 Å². The highest BCUT2D eigenvalue weighted by molar-refractivity contribution is 7.44. The van der Waals surface area contributed by atoms with E-state index < -0.39 is 65.3 Å². The summed E-state index contributed by atoms with van der Waals surface area (Å²) in [6.45, 7) is 27.5. The first-order valence-corrected chi connectivity index (χ1v) is 47.3. The van der Waals surface area contributed by atoms with Crippen molar-refractivity contribution in [2.75, 3.05) is 86.6 Å². The number of carbonyl (C=O) groups is 5. The number of ether oxygens (including phenoxy) is 7. The van der Waals surface area contributed by atoms with Crippen LogP contribution in [0.4, 0.5) is 9.59 Å². The number of fused-ring (bicyclic) bond motifs is 6. The van der Waals surface area contributed by atoms with Gasteiger partial charge in [0.1, 0.15) is 26.0 Å². The van der Waals surface area contributed by atoms with Gasteiger partial charge in [-0.1, -0.05) is 161 Å². The van der Waals surface area contributed by atoms with E-state index in [0.717, 1.165) is 106 Å². The molecule has 8 unspecified atom stereocenters. The second kappa shape index (κ2) is 60.7. The third-order valence-electron chi connectivity index (χ3n) is 21.7. The van der Waals surface area contributed by atoms with Crippen LogP contribution in [0.5, 0.6) is 0 Å². The summed E-state index contributed by atoms with van der Waals surface area (Å²) in [5.74, 6) is -0.356. The second-order valence-electron chi connectivity index (χ2n) is 32.4. The lowest BCUT2D eigenvalue weighted by molar-refractivity contribution is -0.131. The molecule has 3 amide bonds. The van der Waals surface area contributed by atoms with Crippen LogP contribution in [0, 0.1) is 17.9 Å². The second-order valence-corrected chi connectivity index (χ2v) is 35.3. The standard InChI is InChI=1S/C47H72N3O8P.C46H63N6O10P.2CH4O/c1-36(2)50(37(3)4)59(56-33-23-29-48)58-44-34-46(57-38(44)5)53-31-21-14-12-20-30-49-45(51)28-15-11-9-7-6-8-10-13-22-32-54-47(52)55-35-43-41-26-18-16-24-39(41)40-25-17-19-27-42(40)43;1-31(2)52(32(3)4)63(60-27-25-47-6)62-40-28-43(61-33(40)5)51-29-34(44(55)50-45(51)56)16-15-24-49-42(54)22-21-41(53)48-23-13-7-8-14-26-58-46(57)59-30-39-37-19-11-9-17-35(37)36-18-10-12-20-38(36)39;2*1-2/h16-19,24-27,36-38,43-44,46H,6-15,20-23,28,30-35H2,1-5H3,(H,49,51);9-12,17-20,29,31-33,39-40,43H,7-8,13-16,21-28,30H2,1-5H3,(H,48,53)(H,49,54)(H,50,55,56);2*2H,1H3/i2*5D;2*2T. The lowest BCUT2D eigenvalue weighted by atomic mass is 9.98. The molecule has 698 valence electrons. The molecule has 6 N–H and O–H groups in total. The molecule has 8 atom stereocenters. The number of rotatable bonds is 55. The molecule has 2 aliphatic carbocycles. The van der Waals surface area contributed by atoms with Crippen LogP contribution >= 0.6 is 17.1 Å². The summed E-state index contributed by atoms with van der Waals surface area (Å²) in [6.07, 6.45) is 16.2. The fraction of sp³-hybridized carbons (Fsp3) is 0.632. The SMILES string of the molecule is [2H]CC1OC(OCCCCCCNC(=O)CCCCCCCCCCCOC(=O)OCC2c3ccccc3-c3ccccc32)CC1OP(OCCC#N)N(C(C)C)C(C)C.[2H]CC1OC(n2cc(CCCNC(=O)CCC(=O)NCCCCCCOC(=O)OCC3c4ccccc4-c4ccccc43)c(=O)[nH]c2=O)CC1OP(OCC[N+]#[C-])N(C(C)C)C(C)C.[3H]OC.[3H]OC. The maximum Gasteiger partial charge on any atom is 0.508 e. The number of nitrogens with one attached hydrogen (secondary N) is 4. The summed E-state index contributed by atoms with van der Waals surface area (Å²) < 4.78 is 98.0. The van der Waals surface area contributed by atoms with Crippen molar-refractivity contribution in [3.05, 3.63) is 163 Å². The molecule has 2 aliphatic heterocycles. The molecule has 2 saturated heterocycles. The van der Waals surface area contributed by atoms with Crippen LogP contribution < -0.4 is 27.2 Å².